The van der Waals surface area contributed by atoms with Crippen molar-refractivity contribution >= 4 is 63.7 Å². The van der Waals surface area contributed by atoms with E-state index >= 15 is 0 Å². The number of amides is 1. The monoisotopic (exact) mass is 562 g/mol. The summed E-state index contributed by atoms with van der Waals surface area (Å²) >= 11 is 24.9. The number of alkyl halides is 2. The highest BCUT2D eigenvalue weighted by atomic mass is 35.5. The molecule has 1 aliphatic carbocycles. The first kappa shape index (κ1) is 25.9. The summed E-state index contributed by atoms with van der Waals surface area (Å²) in [5, 5.41) is 16.1. The van der Waals surface area contributed by atoms with E-state index in [0.717, 1.165) is 12.1 Å². The second-order valence-electron chi connectivity index (χ2n) is 8.15. The number of benzene rings is 3. The molecule has 0 spiro atoms. The summed E-state index contributed by atoms with van der Waals surface area (Å²) in [6.07, 6.45) is -1.27. The maximum absolute atomic E-state index is 14.0. The van der Waals surface area contributed by atoms with Crippen LogP contribution in [0, 0.1) is 30.3 Å². The molecule has 3 atom stereocenters. The fourth-order valence-corrected chi connectivity index (χ4v) is 5.21. The van der Waals surface area contributed by atoms with Crippen LogP contribution in [-0.4, -0.2) is 21.6 Å². The Bertz CT molecular complexity index is 1320. The number of rotatable bonds is 6. The van der Waals surface area contributed by atoms with Gasteiger partial charge in [-0.25, -0.2) is 13.2 Å². The van der Waals surface area contributed by atoms with Crippen molar-refractivity contribution in [2.24, 2.45) is 5.92 Å². The van der Waals surface area contributed by atoms with Crippen molar-refractivity contribution in [3.05, 3.63) is 92.7 Å². The van der Waals surface area contributed by atoms with Gasteiger partial charge in [-0.2, -0.15) is 0 Å². The number of halogens is 7. The topological polar surface area (TPSA) is 61.4 Å². The zero-order chi connectivity index (χ0) is 25.7. The third kappa shape index (κ3) is 5.20. The summed E-state index contributed by atoms with van der Waals surface area (Å²) in [7, 11) is 0. The summed E-state index contributed by atoms with van der Waals surface area (Å²) < 4.78 is 39.3. The Balaban J connectivity index is 1.54. The van der Waals surface area contributed by atoms with Crippen LogP contribution in [0.4, 0.5) is 24.5 Å². The number of anilines is 2. The van der Waals surface area contributed by atoms with Crippen LogP contribution < -0.4 is 10.6 Å². The lowest BCUT2D eigenvalue weighted by Crippen LogP contribution is -2.24. The quantitative estimate of drug-likeness (QED) is 0.218. The summed E-state index contributed by atoms with van der Waals surface area (Å²) in [5.74, 6) is -4.25. The molecule has 35 heavy (non-hydrogen) atoms. The molecule has 3 aromatic rings. The van der Waals surface area contributed by atoms with Gasteiger partial charge in [-0.05, 0) is 54.4 Å². The van der Waals surface area contributed by atoms with E-state index in [1.54, 1.807) is 6.92 Å². The van der Waals surface area contributed by atoms with E-state index < -0.39 is 45.8 Å². The van der Waals surface area contributed by atoms with Gasteiger partial charge in [0.15, 0.2) is 0 Å². The molecule has 0 radical (unpaired) electrons. The minimum Gasteiger partial charge on any atom is -0.373 e. The maximum atomic E-state index is 14.0. The molecule has 1 aliphatic rings. The van der Waals surface area contributed by atoms with Gasteiger partial charge in [0.25, 0.3) is 5.91 Å². The molecule has 0 saturated heterocycles. The van der Waals surface area contributed by atoms with Crippen LogP contribution in [0.3, 0.4) is 0 Å². The summed E-state index contributed by atoms with van der Waals surface area (Å²) in [6.45, 7) is 1.59. The normalized spacial score (nSPS) is 19.2. The molecule has 0 aromatic heterocycles. The molecular formula is C24H17Cl4F3N2O2. The molecule has 11 heteroatoms. The fraction of sp³-hybridized carbons (Fsp3) is 0.208. The van der Waals surface area contributed by atoms with E-state index in [2.05, 4.69) is 10.6 Å². The van der Waals surface area contributed by atoms with Crippen molar-refractivity contribution in [3.63, 3.8) is 0 Å². The molecule has 1 fully saturated rings. The van der Waals surface area contributed by atoms with Crippen molar-refractivity contribution in [2.75, 3.05) is 10.6 Å². The zero-order valence-corrected chi connectivity index (χ0v) is 20.9. The van der Waals surface area contributed by atoms with Gasteiger partial charge in [-0.1, -0.05) is 29.3 Å². The lowest BCUT2D eigenvalue weighted by Gasteiger charge is -2.17. The summed E-state index contributed by atoms with van der Waals surface area (Å²) in [4.78, 5) is 12.8. The molecule has 3 N–H and O–H groups in total. The summed E-state index contributed by atoms with van der Waals surface area (Å²) in [6, 6.07) is 9.73. The summed E-state index contributed by atoms with van der Waals surface area (Å²) in [5.41, 5.74) is 1.11. The van der Waals surface area contributed by atoms with Crippen LogP contribution in [0.25, 0.3) is 0 Å². The highest BCUT2D eigenvalue weighted by Crippen LogP contribution is 2.66. The van der Waals surface area contributed by atoms with Crippen molar-refractivity contribution in [2.45, 2.75) is 23.4 Å². The van der Waals surface area contributed by atoms with Gasteiger partial charge in [0.2, 0.25) is 0 Å². The Morgan fingerprint density at radius 1 is 1.00 bits per heavy atom. The van der Waals surface area contributed by atoms with Gasteiger partial charge in [0.1, 0.15) is 28.0 Å². The Labute approximate surface area is 218 Å². The number of nitrogens with one attached hydrogen (secondary N) is 2. The van der Waals surface area contributed by atoms with Crippen LogP contribution in [0.15, 0.2) is 48.5 Å². The number of aliphatic hydroxyl groups excluding tert-OH is 1. The van der Waals surface area contributed by atoms with Gasteiger partial charge in [-0.3, -0.25) is 4.79 Å². The van der Waals surface area contributed by atoms with Gasteiger partial charge < -0.3 is 15.7 Å². The lowest BCUT2D eigenvalue weighted by molar-refractivity contribution is 0.102. The van der Waals surface area contributed by atoms with Gasteiger partial charge >= 0.3 is 0 Å². The fourth-order valence-electron chi connectivity index (χ4n) is 3.92. The van der Waals surface area contributed by atoms with Gasteiger partial charge in [0.05, 0.1) is 10.7 Å². The van der Waals surface area contributed by atoms with Crippen LogP contribution in [0.5, 0.6) is 0 Å². The van der Waals surface area contributed by atoms with Gasteiger partial charge in [-0.15, -0.1) is 23.2 Å². The Morgan fingerprint density at radius 3 is 2.37 bits per heavy atom. The largest absolute Gasteiger partial charge is 0.373 e. The van der Waals surface area contributed by atoms with Crippen molar-refractivity contribution in [3.8, 4) is 0 Å². The Kier molecular flexibility index (Phi) is 7.19. The molecule has 1 saturated carbocycles. The highest BCUT2D eigenvalue weighted by Gasteiger charge is 2.67. The predicted octanol–water partition coefficient (Wildman–Crippen LogP) is 7.29. The molecule has 3 aromatic carbocycles. The first-order valence-electron chi connectivity index (χ1n) is 10.2. The lowest BCUT2D eigenvalue weighted by atomic mass is 10.1. The van der Waals surface area contributed by atoms with E-state index in [1.165, 1.54) is 30.3 Å². The third-order valence-electron chi connectivity index (χ3n) is 5.83. The number of carbonyl (C=O) groups excluding carboxylic acids is 1. The molecule has 0 aliphatic heterocycles. The second kappa shape index (κ2) is 9.71. The minimum absolute atomic E-state index is 0.0941. The number of carbonyl (C=O) groups is 1. The first-order valence-corrected chi connectivity index (χ1v) is 11.7. The van der Waals surface area contributed by atoms with E-state index in [1.807, 2.05) is 0 Å². The van der Waals surface area contributed by atoms with Crippen molar-refractivity contribution in [1.29, 1.82) is 0 Å². The molecule has 2 unspecified atom stereocenters. The third-order valence-corrected chi connectivity index (χ3v) is 7.49. The van der Waals surface area contributed by atoms with Gasteiger partial charge in [0, 0.05) is 34.2 Å². The number of hydrogen-bond acceptors (Lipinski definition) is 3. The first-order chi connectivity index (χ1) is 16.4. The van der Waals surface area contributed by atoms with Crippen LogP contribution >= 0.6 is 46.4 Å². The molecule has 0 bridgehead atoms. The average Bonchev–Trinajstić information content (AvgIpc) is 3.36. The smallest absolute Gasteiger partial charge is 0.256 e. The molecule has 184 valence electrons. The van der Waals surface area contributed by atoms with E-state index in [4.69, 9.17) is 46.4 Å². The number of aliphatic hydroxyl groups is 1. The Hall–Kier alpha value is -2.16. The SMILES string of the molecule is Cc1c(Cl)cc(N[C@@H](O)C2C(c3ccc(F)c(Cl)c3)C2(Cl)Cl)cc1C(=O)Nc1ccc(F)cc1F. The average molecular weight is 564 g/mol. The number of hydrogen-bond donors (Lipinski definition) is 3. The standard InChI is InChI=1S/C24H17Cl4F3N2O2/c1-10-14(22(34)33-19-5-3-12(29)7-18(19)31)8-13(9-15(10)25)32-23(35)21-20(24(21,27)28)11-2-4-17(30)16(26)6-11/h2-9,20-21,23,32,35H,1H3,(H,33,34)/t20?,21?,23-/m0/s1. The zero-order valence-electron chi connectivity index (χ0n) is 17.9. The molecule has 4 rings (SSSR count). The molecule has 1 amide bonds. The van der Waals surface area contributed by atoms with E-state index in [-0.39, 0.29) is 27.0 Å². The Morgan fingerprint density at radius 2 is 1.71 bits per heavy atom. The highest BCUT2D eigenvalue weighted by molar-refractivity contribution is 6.52. The molecular weight excluding hydrogens is 547 g/mol. The van der Waals surface area contributed by atoms with E-state index in [0.29, 0.717) is 17.2 Å². The van der Waals surface area contributed by atoms with Crippen LogP contribution in [0.2, 0.25) is 10.0 Å². The minimum atomic E-state index is -1.36. The maximum Gasteiger partial charge on any atom is 0.256 e. The molecule has 0 heterocycles. The van der Waals surface area contributed by atoms with Crippen LogP contribution in [-0.2, 0) is 0 Å². The second-order valence-corrected chi connectivity index (χ2v) is 10.4. The van der Waals surface area contributed by atoms with Crippen molar-refractivity contribution < 1.29 is 23.1 Å². The van der Waals surface area contributed by atoms with Crippen LogP contribution in [0.1, 0.15) is 27.4 Å². The molecule has 4 nitrogen and oxygen atoms in total. The van der Waals surface area contributed by atoms with Crippen molar-refractivity contribution in [1.82, 2.24) is 0 Å². The predicted molar refractivity (Wildman–Crippen MR) is 132 cm³/mol. The van der Waals surface area contributed by atoms with E-state index in [9.17, 15) is 23.1 Å².